The molecule has 2 aromatic carbocycles. The minimum Gasteiger partial charge on any atom is -0.475 e. The van der Waals surface area contributed by atoms with E-state index in [1.54, 1.807) is 19.1 Å². The minimum atomic E-state index is -0.645. The van der Waals surface area contributed by atoms with E-state index in [9.17, 15) is 14.8 Å². The van der Waals surface area contributed by atoms with Gasteiger partial charge in [-0.2, -0.15) is 5.26 Å². The third-order valence-electron chi connectivity index (χ3n) is 5.45. The highest BCUT2D eigenvalue weighted by Gasteiger charge is 2.28. The number of rotatable bonds is 4. The monoisotopic (exact) mass is 469 g/mol. The molecule has 1 atom stereocenters. The van der Waals surface area contributed by atoms with Crippen LogP contribution in [-0.2, 0) is 18.0 Å². The fraction of sp³-hybridized carbons (Fsp3) is 0.217. The van der Waals surface area contributed by atoms with Crippen LogP contribution >= 0.6 is 22.9 Å². The van der Waals surface area contributed by atoms with Crippen molar-refractivity contribution in [2.24, 2.45) is 0 Å². The standard InChI is InChI=1S/C23H17ClFN3O3S/c1-10(29)7-31-17-5-3-11-14-8-30-9-15(14)18(20(24)21(11)28-17)12-2-4-16(25)22-19(12)13(6-26)23(27)32-22/h2-5,10,29H,7-9,27H2,1H3/t10-/m1/s1. The molecule has 32 heavy (non-hydrogen) atoms. The SMILES string of the molecule is C[C@@H](O)COc1ccc2c3c(c(-c4ccc(F)c5sc(N)c(C#N)c45)c(Cl)c2n1)COC3. The lowest BCUT2D eigenvalue weighted by molar-refractivity contribution is 0.120. The van der Waals surface area contributed by atoms with Crippen molar-refractivity contribution in [2.75, 3.05) is 12.3 Å². The van der Waals surface area contributed by atoms with E-state index in [0.29, 0.717) is 50.8 Å². The molecular formula is C23H17ClFN3O3S. The molecule has 1 aliphatic rings. The second-order valence-electron chi connectivity index (χ2n) is 7.60. The Morgan fingerprint density at radius 3 is 2.88 bits per heavy atom. The number of hydrogen-bond donors (Lipinski definition) is 2. The number of nitriles is 1. The lowest BCUT2D eigenvalue weighted by Crippen LogP contribution is -2.13. The predicted octanol–water partition coefficient (Wildman–Crippen LogP) is 5.15. The van der Waals surface area contributed by atoms with E-state index < -0.39 is 11.9 Å². The van der Waals surface area contributed by atoms with Gasteiger partial charge in [0.1, 0.15) is 23.5 Å². The molecule has 0 spiro atoms. The van der Waals surface area contributed by atoms with Gasteiger partial charge in [0.15, 0.2) is 0 Å². The van der Waals surface area contributed by atoms with E-state index in [-0.39, 0.29) is 17.2 Å². The highest BCUT2D eigenvalue weighted by Crippen LogP contribution is 2.48. The second kappa shape index (κ2) is 7.87. The lowest BCUT2D eigenvalue weighted by atomic mass is 9.91. The number of aromatic nitrogens is 1. The van der Waals surface area contributed by atoms with Gasteiger partial charge in [-0.15, -0.1) is 11.3 Å². The summed E-state index contributed by atoms with van der Waals surface area (Å²) in [4.78, 5) is 4.57. The predicted molar refractivity (Wildman–Crippen MR) is 122 cm³/mol. The molecule has 5 rings (SSSR count). The number of anilines is 1. The number of pyridine rings is 1. The van der Waals surface area contributed by atoms with E-state index in [2.05, 4.69) is 11.1 Å². The van der Waals surface area contributed by atoms with Gasteiger partial charge in [-0.05, 0) is 35.7 Å². The van der Waals surface area contributed by atoms with Crippen LogP contribution in [-0.4, -0.2) is 22.8 Å². The van der Waals surface area contributed by atoms with Crippen molar-refractivity contribution in [1.29, 1.82) is 5.26 Å². The molecular weight excluding hydrogens is 453 g/mol. The number of nitrogens with two attached hydrogens (primary N) is 1. The number of thiophene rings is 1. The van der Waals surface area contributed by atoms with Gasteiger partial charge < -0.3 is 20.3 Å². The first-order chi connectivity index (χ1) is 15.4. The quantitative estimate of drug-likeness (QED) is 0.428. The fourth-order valence-corrected chi connectivity index (χ4v) is 5.38. The largest absolute Gasteiger partial charge is 0.475 e. The van der Waals surface area contributed by atoms with Crippen LogP contribution < -0.4 is 10.5 Å². The van der Waals surface area contributed by atoms with Gasteiger partial charge in [0, 0.05) is 22.4 Å². The molecule has 0 saturated heterocycles. The van der Waals surface area contributed by atoms with Crippen LogP contribution in [0.5, 0.6) is 5.88 Å². The summed E-state index contributed by atoms with van der Waals surface area (Å²) in [6.45, 7) is 2.43. The third-order valence-corrected chi connectivity index (χ3v) is 6.85. The molecule has 0 radical (unpaired) electrons. The van der Waals surface area contributed by atoms with Gasteiger partial charge in [0.25, 0.3) is 0 Å². The van der Waals surface area contributed by atoms with Crippen LogP contribution in [0.3, 0.4) is 0 Å². The summed E-state index contributed by atoms with van der Waals surface area (Å²) < 4.78 is 26.2. The van der Waals surface area contributed by atoms with Crippen molar-refractivity contribution in [3.05, 3.63) is 51.8 Å². The Labute approximate surface area is 191 Å². The molecule has 6 nitrogen and oxygen atoms in total. The Balaban J connectivity index is 1.83. The average Bonchev–Trinajstić information content (AvgIpc) is 3.38. The fourth-order valence-electron chi connectivity index (χ4n) is 4.07. The molecule has 1 aliphatic heterocycles. The number of nitrogen functional groups attached to an aromatic ring is 1. The van der Waals surface area contributed by atoms with Crippen LogP contribution in [0, 0.1) is 17.1 Å². The van der Waals surface area contributed by atoms with E-state index in [1.165, 1.54) is 6.07 Å². The number of halogens is 2. The molecule has 0 unspecified atom stereocenters. The Bertz CT molecular complexity index is 1440. The molecule has 3 heterocycles. The van der Waals surface area contributed by atoms with E-state index in [1.807, 2.05) is 6.07 Å². The van der Waals surface area contributed by atoms with E-state index in [0.717, 1.165) is 27.8 Å². The number of ether oxygens (including phenoxy) is 2. The van der Waals surface area contributed by atoms with Gasteiger partial charge in [-0.1, -0.05) is 17.7 Å². The normalized spacial score (nSPS) is 14.0. The number of hydrogen-bond acceptors (Lipinski definition) is 7. The number of nitrogens with zero attached hydrogens (tertiary/aromatic N) is 2. The minimum absolute atomic E-state index is 0.0926. The molecule has 3 N–H and O–H groups in total. The summed E-state index contributed by atoms with van der Waals surface area (Å²) in [6.07, 6.45) is -0.645. The average molecular weight is 470 g/mol. The van der Waals surface area contributed by atoms with Gasteiger partial charge in [0.05, 0.1) is 40.1 Å². The maximum atomic E-state index is 14.6. The van der Waals surface area contributed by atoms with Crippen molar-refractivity contribution >= 4 is 48.9 Å². The molecule has 2 aromatic heterocycles. The highest BCUT2D eigenvalue weighted by atomic mass is 35.5. The Morgan fingerprint density at radius 1 is 1.34 bits per heavy atom. The highest BCUT2D eigenvalue weighted by molar-refractivity contribution is 7.23. The van der Waals surface area contributed by atoms with Crippen molar-refractivity contribution in [3.63, 3.8) is 0 Å². The van der Waals surface area contributed by atoms with Crippen LogP contribution in [0.4, 0.5) is 9.39 Å². The molecule has 9 heteroatoms. The van der Waals surface area contributed by atoms with Crippen LogP contribution in [0.25, 0.3) is 32.1 Å². The first kappa shape index (κ1) is 20.9. The second-order valence-corrected chi connectivity index (χ2v) is 9.03. The Morgan fingerprint density at radius 2 is 2.12 bits per heavy atom. The van der Waals surface area contributed by atoms with Gasteiger partial charge >= 0.3 is 0 Å². The molecule has 0 saturated carbocycles. The number of aliphatic hydroxyl groups excluding tert-OH is 1. The number of aliphatic hydroxyl groups is 1. The summed E-state index contributed by atoms with van der Waals surface area (Å²) >= 11 is 7.95. The summed E-state index contributed by atoms with van der Waals surface area (Å²) in [7, 11) is 0. The molecule has 162 valence electrons. The van der Waals surface area contributed by atoms with Crippen molar-refractivity contribution < 1.29 is 19.0 Å². The van der Waals surface area contributed by atoms with Crippen LogP contribution in [0.1, 0.15) is 23.6 Å². The van der Waals surface area contributed by atoms with E-state index in [4.69, 9.17) is 26.8 Å². The zero-order chi connectivity index (χ0) is 22.6. The molecule has 0 amide bonds. The molecule has 0 bridgehead atoms. The van der Waals surface area contributed by atoms with Gasteiger partial charge in [0.2, 0.25) is 5.88 Å². The number of fused-ring (bicyclic) bond motifs is 4. The molecule has 0 aliphatic carbocycles. The first-order valence-corrected chi connectivity index (χ1v) is 11.0. The summed E-state index contributed by atoms with van der Waals surface area (Å²) in [6, 6.07) is 8.66. The topological polar surface area (TPSA) is 101 Å². The van der Waals surface area contributed by atoms with Crippen molar-refractivity contribution in [2.45, 2.75) is 26.2 Å². The molecule has 4 aromatic rings. The first-order valence-electron chi connectivity index (χ1n) is 9.84. The Hall–Kier alpha value is -2.96. The third kappa shape index (κ3) is 3.17. The smallest absolute Gasteiger partial charge is 0.213 e. The maximum absolute atomic E-state index is 14.6. The zero-order valence-electron chi connectivity index (χ0n) is 16.9. The van der Waals surface area contributed by atoms with Crippen molar-refractivity contribution in [1.82, 2.24) is 4.98 Å². The van der Waals surface area contributed by atoms with Gasteiger partial charge in [-0.25, -0.2) is 9.37 Å². The van der Waals surface area contributed by atoms with Crippen molar-refractivity contribution in [3.8, 4) is 23.1 Å². The molecule has 0 fully saturated rings. The van der Waals surface area contributed by atoms with Crippen LogP contribution in [0.2, 0.25) is 5.02 Å². The number of benzene rings is 2. The van der Waals surface area contributed by atoms with E-state index >= 15 is 0 Å². The van der Waals surface area contributed by atoms with Crippen LogP contribution in [0.15, 0.2) is 24.3 Å². The summed E-state index contributed by atoms with van der Waals surface area (Å²) in [5, 5.41) is 21.1. The zero-order valence-corrected chi connectivity index (χ0v) is 18.5. The summed E-state index contributed by atoms with van der Waals surface area (Å²) in [5.74, 6) is -0.120. The summed E-state index contributed by atoms with van der Waals surface area (Å²) in [5.41, 5.74) is 9.82. The Kier molecular flexibility index (Phi) is 5.14. The maximum Gasteiger partial charge on any atom is 0.213 e. The van der Waals surface area contributed by atoms with Gasteiger partial charge in [-0.3, -0.25) is 0 Å². The lowest BCUT2D eigenvalue weighted by Gasteiger charge is -2.16.